The molecule has 0 bridgehead atoms. The first-order valence-corrected chi connectivity index (χ1v) is 18.4. The second-order valence-corrected chi connectivity index (χ2v) is 16.1. The molecule has 0 N–H and O–H groups in total. The van der Waals surface area contributed by atoms with Crippen molar-refractivity contribution < 1.29 is 27.4 Å². The van der Waals surface area contributed by atoms with Crippen molar-refractivity contribution in [1.29, 1.82) is 0 Å². The molecule has 8 heteroatoms. The van der Waals surface area contributed by atoms with Crippen molar-refractivity contribution in [3.05, 3.63) is 169 Å². The largest absolute Gasteiger partial charge is 0.484 e. The zero-order valence-corrected chi connectivity index (χ0v) is 26.5. The number of hydrogen-bond donors (Lipinski definition) is 0. The van der Waals surface area contributed by atoms with Crippen molar-refractivity contribution in [2.75, 3.05) is 12.7 Å². The number of ether oxygens (including phenoxy) is 2. The van der Waals surface area contributed by atoms with Crippen LogP contribution in [0.25, 0.3) is 11.1 Å². The average molecular weight is 651 g/mol. The van der Waals surface area contributed by atoms with Crippen LogP contribution in [-0.4, -0.2) is 12.7 Å². The highest BCUT2D eigenvalue weighted by atomic mass is 31.2. The summed E-state index contributed by atoms with van der Waals surface area (Å²) >= 11 is 0. The van der Waals surface area contributed by atoms with Gasteiger partial charge in [0.25, 0.3) is 0 Å². The predicted octanol–water partition coefficient (Wildman–Crippen LogP) is 8.33. The van der Waals surface area contributed by atoms with Crippen LogP contribution in [0.1, 0.15) is 0 Å². The van der Waals surface area contributed by atoms with Gasteiger partial charge in [-0.2, -0.15) is 0 Å². The lowest BCUT2D eigenvalue weighted by atomic mass is 10.0. The quantitative estimate of drug-likeness (QED) is 0.132. The molecule has 0 atom stereocenters. The summed E-state index contributed by atoms with van der Waals surface area (Å²) < 4.78 is 73.0. The fourth-order valence-electron chi connectivity index (χ4n) is 5.33. The van der Waals surface area contributed by atoms with Gasteiger partial charge >= 0.3 is 0 Å². The Kier molecular flexibility index (Phi) is 9.30. The summed E-state index contributed by atoms with van der Waals surface area (Å²) in [7, 11) is -6.70. The van der Waals surface area contributed by atoms with E-state index in [0.29, 0.717) is 21.2 Å². The third kappa shape index (κ3) is 6.33. The highest BCUT2D eigenvalue weighted by Gasteiger charge is 2.31. The summed E-state index contributed by atoms with van der Waals surface area (Å²) in [4.78, 5) is 0. The fraction of sp³-hybridized carbons (Fsp3) is 0.0526. The van der Waals surface area contributed by atoms with Gasteiger partial charge in [-0.25, -0.2) is 8.78 Å². The predicted molar refractivity (Wildman–Crippen MR) is 182 cm³/mol. The van der Waals surface area contributed by atoms with Crippen molar-refractivity contribution in [3.8, 4) is 22.6 Å². The number of halogens is 2. The Morgan fingerprint density at radius 3 is 0.957 bits per heavy atom. The molecule has 0 aliphatic rings. The van der Waals surface area contributed by atoms with Gasteiger partial charge in [0.1, 0.15) is 35.8 Å². The Bertz CT molecular complexity index is 1790. The second-order valence-electron chi connectivity index (χ2n) is 10.6. The molecule has 6 aromatic carbocycles. The van der Waals surface area contributed by atoms with E-state index in [1.807, 2.05) is 24.3 Å². The van der Waals surface area contributed by atoms with E-state index in [0.717, 1.165) is 0 Å². The average Bonchev–Trinajstić information content (AvgIpc) is 3.11. The zero-order chi connectivity index (χ0) is 32.0. The minimum atomic E-state index is -3.35. The molecule has 0 heterocycles. The summed E-state index contributed by atoms with van der Waals surface area (Å²) in [6, 6.07) is 44.2. The van der Waals surface area contributed by atoms with E-state index in [4.69, 9.17) is 9.47 Å². The van der Waals surface area contributed by atoms with Crippen molar-refractivity contribution >= 4 is 35.5 Å². The van der Waals surface area contributed by atoms with E-state index in [2.05, 4.69) is 0 Å². The summed E-state index contributed by atoms with van der Waals surface area (Å²) in [6.45, 7) is 0. The van der Waals surface area contributed by atoms with Gasteiger partial charge in [0.05, 0.1) is 11.1 Å². The van der Waals surface area contributed by atoms with Gasteiger partial charge in [0.15, 0.2) is 14.3 Å². The standard InChI is InChI=1S/C38H30F2O4P2/c39-33-23-13-25-35(43-27-45(41,29-15-5-1-6-16-29)30-17-7-2-8-18-30)37(33)38-34(40)24-14-26-36(38)44-28-46(42,31-19-9-3-10-20-31)32-21-11-4-12-22-32/h1-26H,27-28H2. The molecular formula is C38H30F2O4P2. The minimum absolute atomic E-state index is 0.00339. The lowest BCUT2D eigenvalue weighted by Crippen LogP contribution is -2.21. The van der Waals surface area contributed by atoms with Crippen LogP contribution in [0.4, 0.5) is 8.78 Å². The van der Waals surface area contributed by atoms with E-state index in [1.165, 1.54) is 36.4 Å². The zero-order valence-electron chi connectivity index (χ0n) is 24.7. The third-order valence-electron chi connectivity index (χ3n) is 7.70. The van der Waals surface area contributed by atoms with Crippen molar-refractivity contribution in [1.82, 2.24) is 0 Å². The van der Waals surface area contributed by atoms with E-state index in [1.54, 1.807) is 97.1 Å². The Balaban J connectivity index is 1.38. The Morgan fingerprint density at radius 1 is 0.391 bits per heavy atom. The maximum atomic E-state index is 15.7. The van der Waals surface area contributed by atoms with Crippen LogP contribution >= 0.6 is 14.3 Å². The highest BCUT2D eigenvalue weighted by Crippen LogP contribution is 2.48. The Morgan fingerprint density at radius 2 is 0.674 bits per heavy atom. The molecule has 0 unspecified atom stereocenters. The molecule has 0 saturated carbocycles. The molecule has 0 aliphatic heterocycles. The Hall–Kier alpha value is -4.76. The molecule has 0 spiro atoms. The summed E-state index contributed by atoms with van der Waals surface area (Å²) in [5, 5.41) is 2.30. The van der Waals surface area contributed by atoms with Gasteiger partial charge < -0.3 is 18.6 Å². The molecule has 0 aromatic heterocycles. The van der Waals surface area contributed by atoms with Gasteiger partial charge in [-0.05, 0) is 24.3 Å². The SMILES string of the molecule is O=P(COc1cccc(F)c1-c1c(F)cccc1OCP(=O)(c1ccccc1)c1ccccc1)(c1ccccc1)c1ccccc1. The van der Waals surface area contributed by atoms with Crippen LogP contribution in [0.5, 0.6) is 11.5 Å². The van der Waals surface area contributed by atoms with Crippen LogP contribution in [-0.2, 0) is 9.13 Å². The maximum Gasteiger partial charge on any atom is 0.178 e. The molecule has 230 valence electrons. The van der Waals surface area contributed by atoms with E-state index in [-0.39, 0.29) is 35.3 Å². The third-order valence-corrected chi connectivity index (χ3v) is 13.2. The van der Waals surface area contributed by atoms with Gasteiger partial charge in [-0.3, -0.25) is 0 Å². The monoisotopic (exact) mass is 650 g/mol. The molecule has 46 heavy (non-hydrogen) atoms. The summed E-state index contributed by atoms with van der Waals surface area (Å²) in [5.74, 6) is -1.51. The van der Waals surface area contributed by atoms with E-state index < -0.39 is 25.9 Å². The first-order chi connectivity index (χ1) is 22.4. The minimum Gasteiger partial charge on any atom is -0.484 e. The topological polar surface area (TPSA) is 52.6 Å². The fourth-order valence-corrected chi connectivity index (χ4v) is 9.78. The maximum absolute atomic E-state index is 15.7. The first-order valence-electron chi connectivity index (χ1n) is 14.6. The van der Waals surface area contributed by atoms with Crippen LogP contribution < -0.4 is 30.7 Å². The van der Waals surface area contributed by atoms with E-state index in [9.17, 15) is 9.13 Å². The van der Waals surface area contributed by atoms with Crippen LogP contribution in [0.15, 0.2) is 158 Å². The molecule has 0 aliphatic carbocycles. The molecule has 4 nitrogen and oxygen atoms in total. The summed E-state index contributed by atoms with van der Waals surface area (Å²) in [6.07, 6.45) is -0.585. The van der Waals surface area contributed by atoms with Crippen molar-refractivity contribution in [3.63, 3.8) is 0 Å². The summed E-state index contributed by atoms with van der Waals surface area (Å²) in [5.41, 5.74) is -0.366. The lowest BCUT2D eigenvalue weighted by molar-refractivity contribution is 0.372. The molecule has 0 radical (unpaired) electrons. The first kappa shape index (κ1) is 31.2. The molecule has 0 fully saturated rings. The second kappa shape index (κ2) is 13.7. The van der Waals surface area contributed by atoms with Crippen molar-refractivity contribution in [2.45, 2.75) is 0 Å². The highest BCUT2D eigenvalue weighted by molar-refractivity contribution is 7.79. The van der Waals surface area contributed by atoms with Gasteiger partial charge in [-0.15, -0.1) is 0 Å². The lowest BCUT2D eigenvalue weighted by Gasteiger charge is -2.23. The van der Waals surface area contributed by atoms with Crippen LogP contribution in [0.2, 0.25) is 0 Å². The molecule has 6 aromatic rings. The number of rotatable bonds is 11. The normalized spacial score (nSPS) is 11.6. The van der Waals surface area contributed by atoms with Crippen molar-refractivity contribution in [2.24, 2.45) is 0 Å². The van der Waals surface area contributed by atoms with E-state index >= 15 is 8.78 Å². The van der Waals surface area contributed by atoms with Gasteiger partial charge in [0.2, 0.25) is 0 Å². The smallest absolute Gasteiger partial charge is 0.178 e. The molecular weight excluding hydrogens is 620 g/mol. The van der Waals surface area contributed by atoms with Gasteiger partial charge in [-0.1, -0.05) is 133 Å². The Labute approximate surface area is 267 Å². The molecule has 0 amide bonds. The number of benzene rings is 6. The number of hydrogen-bond acceptors (Lipinski definition) is 4. The van der Waals surface area contributed by atoms with Crippen LogP contribution in [0, 0.1) is 11.6 Å². The molecule has 0 saturated heterocycles. The van der Waals surface area contributed by atoms with Gasteiger partial charge in [0, 0.05) is 21.2 Å². The van der Waals surface area contributed by atoms with Crippen LogP contribution in [0.3, 0.4) is 0 Å². The molecule has 6 rings (SSSR count).